The highest BCUT2D eigenvalue weighted by Gasteiger charge is 2.29. The first kappa shape index (κ1) is 11.9. The largest absolute Gasteiger partial charge is 0.337 e. The molecule has 1 saturated heterocycles. The summed E-state index contributed by atoms with van der Waals surface area (Å²) in [4.78, 5) is 11.2. The van der Waals surface area contributed by atoms with Crippen LogP contribution in [-0.4, -0.2) is 45.8 Å². The Morgan fingerprint density at radius 3 is 3.00 bits per heavy atom. The molecule has 0 radical (unpaired) electrons. The molecule has 1 aliphatic rings. The lowest BCUT2D eigenvalue weighted by molar-refractivity contribution is 0.440. The summed E-state index contributed by atoms with van der Waals surface area (Å²) in [5.74, 6) is 0.832. The Labute approximate surface area is 120 Å². The molecule has 1 fully saturated rings. The van der Waals surface area contributed by atoms with E-state index in [1.54, 1.807) is 10.8 Å². The fourth-order valence-corrected chi connectivity index (χ4v) is 2.71. The molecule has 1 aliphatic heterocycles. The van der Waals surface area contributed by atoms with Gasteiger partial charge in [-0.15, -0.1) is 0 Å². The SMILES string of the molecule is CNC1CN(c2nc3ccc(Cl)cc3c3ncnn23)C1. The van der Waals surface area contributed by atoms with Gasteiger partial charge in [-0.3, -0.25) is 0 Å². The van der Waals surface area contributed by atoms with Crippen LogP contribution in [0.25, 0.3) is 16.6 Å². The smallest absolute Gasteiger partial charge is 0.229 e. The van der Waals surface area contributed by atoms with Crippen molar-refractivity contribution in [2.24, 2.45) is 0 Å². The minimum atomic E-state index is 0.510. The Morgan fingerprint density at radius 1 is 1.35 bits per heavy atom. The quantitative estimate of drug-likeness (QED) is 0.771. The van der Waals surface area contributed by atoms with Crippen LogP contribution < -0.4 is 10.2 Å². The van der Waals surface area contributed by atoms with Crippen molar-refractivity contribution in [3.63, 3.8) is 0 Å². The molecule has 1 aromatic carbocycles. The molecule has 0 amide bonds. The Balaban J connectivity index is 1.91. The molecule has 0 bridgehead atoms. The second-order valence-electron chi connectivity index (χ2n) is 4.96. The molecule has 0 unspecified atom stereocenters. The number of aromatic nitrogens is 4. The third kappa shape index (κ3) is 1.65. The normalized spacial score (nSPS) is 16.0. The molecule has 0 aliphatic carbocycles. The molecule has 7 heteroatoms. The van der Waals surface area contributed by atoms with Crippen molar-refractivity contribution >= 4 is 34.1 Å². The summed E-state index contributed by atoms with van der Waals surface area (Å²) in [6.45, 7) is 1.86. The van der Waals surface area contributed by atoms with E-state index in [1.165, 1.54) is 0 Å². The number of anilines is 1. The zero-order valence-electron chi connectivity index (χ0n) is 10.9. The molecule has 0 atom stereocenters. The Morgan fingerprint density at radius 2 is 2.20 bits per heavy atom. The summed E-state index contributed by atoms with van der Waals surface area (Å²) in [5, 5.41) is 9.14. The summed E-state index contributed by atoms with van der Waals surface area (Å²) in [5.41, 5.74) is 1.68. The standard InChI is InChI=1S/C13H13ClN6/c1-15-9-5-19(6-9)13-18-11-3-2-8(14)4-10(11)12-16-7-17-20(12)13/h2-4,7,9,15H,5-6H2,1H3. The number of fused-ring (bicyclic) bond motifs is 3. The molecule has 6 nitrogen and oxygen atoms in total. The van der Waals surface area contributed by atoms with Gasteiger partial charge in [0.05, 0.1) is 5.52 Å². The van der Waals surface area contributed by atoms with Gasteiger partial charge in [0.25, 0.3) is 0 Å². The number of likely N-dealkylation sites (N-methyl/N-ethyl adjacent to an activating group) is 1. The Bertz CT molecular complexity index is 792. The summed E-state index contributed by atoms with van der Waals surface area (Å²) in [7, 11) is 1.98. The number of nitrogens with one attached hydrogen (secondary N) is 1. The Kier molecular flexibility index (Phi) is 2.55. The molecule has 2 aromatic heterocycles. The van der Waals surface area contributed by atoms with Crippen LogP contribution in [0.1, 0.15) is 0 Å². The number of hydrogen-bond donors (Lipinski definition) is 1. The predicted octanol–water partition coefficient (Wildman–Crippen LogP) is 1.34. The predicted molar refractivity (Wildman–Crippen MR) is 78.4 cm³/mol. The van der Waals surface area contributed by atoms with Gasteiger partial charge in [0, 0.05) is 29.5 Å². The maximum absolute atomic E-state index is 6.06. The van der Waals surface area contributed by atoms with Gasteiger partial charge in [0.15, 0.2) is 5.65 Å². The van der Waals surface area contributed by atoms with E-state index in [9.17, 15) is 0 Å². The average Bonchev–Trinajstić information content (AvgIpc) is 2.87. The number of halogens is 1. The molecule has 4 rings (SSSR count). The maximum atomic E-state index is 6.06. The van der Waals surface area contributed by atoms with Crippen molar-refractivity contribution in [1.82, 2.24) is 24.9 Å². The lowest BCUT2D eigenvalue weighted by atomic mass is 10.1. The molecule has 20 heavy (non-hydrogen) atoms. The van der Waals surface area contributed by atoms with Crippen LogP contribution >= 0.6 is 11.6 Å². The monoisotopic (exact) mass is 288 g/mol. The van der Waals surface area contributed by atoms with Gasteiger partial charge < -0.3 is 10.2 Å². The molecule has 0 spiro atoms. The molecule has 1 N–H and O–H groups in total. The van der Waals surface area contributed by atoms with Crippen molar-refractivity contribution in [3.05, 3.63) is 29.5 Å². The highest BCUT2D eigenvalue weighted by Crippen LogP contribution is 2.26. The van der Waals surface area contributed by atoms with Gasteiger partial charge in [0.1, 0.15) is 6.33 Å². The van der Waals surface area contributed by atoms with E-state index in [2.05, 4.69) is 20.3 Å². The van der Waals surface area contributed by atoms with E-state index in [0.29, 0.717) is 11.1 Å². The molecular formula is C13H13ClN6. The molecule has 3 heterocycles. The molecular weight excluding hydrogens is 276 g/mol. The van der Waals surface area contributed by atoms with E-state index in [1.807, 2.05) is 25.2 Å². The van der Waals surface area contributed by atoms with Crippen LogP contribution in [0, 0.1) is 0 Å². The van der Waals surface area contributed by atoms with Crippen LogP contribution in [0.5, 0.6) is 0 Å². The van der Waals surface area contributed by atoms with E-state index < -0.39 is 0 Å². The topological polar surface area (TPSA) is 58.3 Å². The first-order chi connectivity index (χ1) is 9.76. The lowest BCUT2D eigenvalue weighted by Crippen LogP contribution is -2.58. The van der Waals surface area contributed by atoms with E-state index >= 15 is 0 Å². The zero-order valence-corrected chi connectivity index (χ0v) is 11.7. The molecule has 0 saturated carbocycles. The minimum absolute atomic E-state index is 0.510. The zero-order chi connectivity index (χ0) is 13.7. The van der Waals surface area contributed by atoms with Gasteiger partial charge in [-0.2, -0.15) is 9.61 Å². The van der Waals surface area contributed by atoms with Crippen LogP contribution in [0.2, 0.25) is 5.02 Å². The van der Waals surface area contributed by atoms with Gasteiger partial charge in [-0.05, 0) is 25.2 Å². The summed E-state index contributed by atoms with van der Waals surface area (Å²) in [6.07, 6.45) is 1.55. The number of benzene rings is 1. The first-order valence-corrected chi connectivity index (χ1v) is 6.85. The van der Waals surface area contributed by atoms with E-state index in [-0.39, 0.29) is 0 Å². The van der Waals surface area contributed by atoms with Crippen molar-refractivity contribution in [2.45, 2.75) is 6.04 Å². The average molecular weight is 289 g/mol. The second kappa shape index (κ2) is 4.29. The summed E-state index contributed by atoms with van der Waals surface area (Å²) >= 11 is 6.06. The fraction of sp³-hybridized carbons (Fsp3) is 0.308. The minimum Gasteiger partial charge on any atom is -0.337 e. The number of hydrogen-bond acceptors (Lipinski definition) is 5. The van der Waals surface area contributed by atoms with Gasteiger partial charge in [-0.25, -0.2) is 9.97 Å². The van der Waals surface area contributed by atoms with E-state index in [0.717, 1.165) is 35.6 Å². The second-order valence-corrected chi connectivity index (χ2v) is 5.40. The summed E-state index contributed by atoms with van der Waals surface area (Å²) in [6, 6.07) is 6.16. The van der Waals surface area contributed by atoms with E-state index in [4.69, 9.17) is 16.6 Å². The van der Waals surface area contributed by atoms with Gasteiger partial charge >= 0.3 is 0 Å². The van der Waals surface area contributed by atoms with Crippen LogP contribution in [-0.2, 0) is 0 Å². The highest BCUT2D eigenvalue weighted by atomic mass is 35.5. The van der Waals surface area contributed by atoms with Crippen LogP contribution in [0.15, 0.2) is 24.5 Å². The Hall–Kier alpha value is -1.92. The third-order valence-electron chi connectivity index (χ3n) is 3.73. The highest BCUT2D eigenvalue weighted by molar-refractivity contribution is 6.31. The van der Waals surface area contributed by atoms with Crippen molar-refractivity contribution < 1.29 is 0 Å². The van der Waals surface area contributed by atoms with Crippen LogP contribution in [0.3, 0.4) is 0 Å². The number of nitrogens with zero attached hydrogens (tertiary/aromatic N) is 5. The third-order valence-corrected chi connectivity index (χ3v) is 3.96. The first-order valence-electron chi connectivity index (χ1n) is 6.47. The molecule has 102 valence electrons. The van der Waals surface area contributed by atoms with Gasteiger partial charge in [-0.1, -0.05) is 11.6 Å². The maximum Gasteiger partial charge on any atom is 0.229 e. The summed E-state index contributed by atoms with van der Waals surface area (Å²) < 4.78 is 1.78. The molecule has 3 aromatic rings. The van der Waals surface area contributed by atoms with Crippen molar-refractivity contribution in [3.8, 4) is 0 Å². The van der Waals surface area contributed by atoms with Crippen LogP contribution in [0.4, 0.5) is 5.95 Å². The fourth-order valence-electron chi connectivity index (χ4n) is 2.54. The van der Waals surface area contributed by atoms with Gasteiger partial charge in [0.2, 0.25) is 5.95 Å². The lowest BCUT2D eigenvalue weighted by Gasteiger charge is -2.39. The van der Waals surface area contributed by atoms with Crippen molar-refractivity contribution in [2.75, 3.05) is 25.0 Å². The van der Waals surface area contributed by atoms with Crippen molar-refractivity contribution in [1.29, 1.82) is 0 Å². The number of rotatable bonds is 2.